The molecule has 4 heterocycles. The highest BCUT2D eigenvalue weighted by Crippen LogP contribution is 2.29. The van der Waals surface area contributed by atoms with Gasteiger partial charge in [-0.2, -0.15) is 0 Å². The Kier molecular flexibility index (Phi) is 6.10. The summed E-state index contributed by atoms with van der Waals surface area (Å²) in [4.78, 5) is 45.8. The molecule has 0 N–H and O–H groups in total. The lowest BCUT2D eigenvalue weighted by Crippen LogP contribution is -2.49. The van der Waals surface area contributed by atoms with E-state index in [1.165, 1.54) is 9.13 Å². The minimum atomic E-state index is -0.650. The Labute approximate surface area is 222 Å². The third kappa shape index (κ3) is 4.61. The second-order valence-electron chi connectivity index (χ2n) is 10.4. The van der Waals surface area contributed by atoms with Gasteiger partial charge in [-0.3, -0.25) is 14.2 Å². The molecule has 4 aromatic rings. The second kappa shape index (κ2) is 9.02. The molecule has 1 aliphatic rings. The molecule has 0 fully saturated rings. The number of amides is 1. The largest absolute Gasteiger partial charge is 0.443 e. The first-order valence-electron chi connectivity index (χ1n) is 12.0. The lowest BCUT2D eigenvalue weighted by atomic mass is 10.1. The quantitative estimate of drug-likeness (QED) is 0.353. The molecule has 3 aromatic heterocycles. The molecule has 10 heteroatoms. The van der Waals surface area contributed by atoms with E-state index in [1.807, 2.05) is 52.8 Å². The SMILES string of the molecule is Cc1cn(-c2ccc3n(c2=O)CC(C)N(Cc2cn(C(=O)OC(C)(C)C)c4cc(Br)ccc24)C3=O)cn1. The van der Waals surface area contributed by atoms with Crippen molar-refractivity contribution in [2.45, 2.75) is 59.4 Å². The summed E-state index contributed by atoms with van der Waals surface area (Å²) in [6, 6.07) is 8.79. The van der Waals surface area contributed by atoms with Crippen molar-refractivity contribution >= 4 is 38.8 Å². The molecular weight excluding hydrogens is 538 g/mol. The maximum Gasteiger partial charge on any atom is 0.419 e. The van der Waals surface area contributed by atoms with Gasteiger partial charge in [-0.05, 0) is 64.4 Å². The predicted molar refractivity (Wildman–Crippen MR) is 143 cm³/mol. The van der Waals surface area contributed by atoms with E-state index < -0.39 is 11.7 Å². The van der Waals surface area contributed by atoms with Gasteiger partial charge in [0.2, 0.25) is 0 Å². The summed E-state index contributed by atoms with van der Waals surface area (Å²) in [6.07, 6.45) is 4.62. The molecule has 1 aromatic carbocycles. The number of benzene rings is 1. The summed E-state index contributed by atoms with van der Waals surface area (Å²) in [5.74, 6) is -0.237. The van der Waals surface area contributed by atoms with Crippen LogP contribution in [0.2, 0.25) is 0 Å². The lowest BCUT2D eigenvalue weighted by Gasteiger charge is -2.35. The number of hydrogen-bond donors (Lipinski definition) is 0. The topological polar surface area (TPSA) is 91.4 Å². The van der Waals surface area contributed by atoms with Crippen molar-refractivity contribution in [3.63, 3.8) is 0 Å². The first-order chi connectivity index (χ1) is 17.4. The van der Waals surface area contributed by atoms with Crippen LogP contribution in [0.3, 0.4) is 0 Å². The van der Waals surface area contributed by atoms with E-state index in [0.717, 1.165) is 21.1 Å². The number of pyridine rings is 1. The van der Waals surface area contributed by atoms with Crippen molar-refractivity contribution in [1.29, 1.82) is 0 Å². The number of nitrogens with zero attached hydrogens (tertiary/aromatic N) is 5. The van der Waals surface area contributed by atoms with E-state index in [2.05, 4.69) is 20.9 Å². The number of rotatable bonds is 3. The van der Waals surface area contributed by atoms with Crippen molar-refractivity contribution in [1.82, 2.24) is 23.6 Å². The monoisotopic (exact) mass is 565 g/mol. The van der Waals surface area contributed by atoms with Crippen LogP contribution in [0.1, 0.15) is 49.4 Å². The Morgan fingerprint density at radius 3 is 2.59 bits per heavy atom. The van der Waals surface area contributed by atoms with Gasteiger partial charge in [0.25, 0.3) is 11.5 Å². The van der Waals surface area contributed by atoms with Gasteiger partial charge >= 0.3 is 6.09 Å². The molecule has 1 amide bonds. The third-order valence-electron chi connectivity index (χ3n) is 6.38. The van der Waals surface area contributed by atoms with Crippen molar-refractivity contribution in [3.05, 3.63) is 80.8 Å². The molecule has 0 saturated carbocycles. The van der Waals surface area contributed by atoms with E-state index in [1.54, 1.807) is 40.3 Å². The number of hydrogen-bond acceptors (Lipinski definition) is 5. The maximum atomic E-state index is 13.6. The lowest BCUT2D eigenvalue weighted by molar-refractivity contribution is 0.0544. The van der Waals surface area contributed by atoms with Crippen LogP contribution in [-0.2, 0) is 17.8 Å². The first-order valence-corrected chi connectivity index (χ1v) is 12.8. The molecule has 1 atom stereocenters. The molecular formula is C27H28BrN5O4. The van der Waals surface area contributed by atoms with Gasteiger partial charge in [-0.25, -0.2) is 9.78 Å². The molecule has 37 heavy (non-hydrogen) atoms. The fraction of sp³-hybridized carbons (Fsp3) is 0.333. The number of aryl methyl sites for hydroxylation is 1. The summed E-state index contributed by atoms with van der Waals surface area (Å²) < 4.78 is 11.1. The molecule has 5 rings (SSSR count). The van der Waals surface area contributed by atoms with Crippen LogP contribution in [0.15, 0.2) is 58.3 Å². The molecule has 1 aliphatic heterocycles. The van der Waals surface area contributed by atoms with Crippen LogP contribution in [0.5, 0.6) is 0 Å². The van der Waals surface area contributed by atoms with E-state index in [0.29, 0.717) is 23.4 Å². The van der Waals surface area contributed by atoms with Gasteiger partial charge in [0.15, 0.2) is 0 Å². The van der Waals surface area contributed by atoms with Gasteiger partial charge in [0.1, 0.15) is 17.0 Å². The van der Waals surface area contributed by atoms with E-state index in [-0.39, 0.29) is 24.1 Å². The second-order valence-corrected chi connectivity index (χ2v) is 11.3. The number of imidazole rings is 1. The van der Waals surface area contributed by atoms with E-state index in [9.17, 15) is 14.4 Å². The van der Waals surface area contributed by atoms with E-state index in [4.69, 9.17) is 4.74 Å². The van der Waals surface area contributed by atoms with Crippen LogP contribution in [0.25, 0.3) is 16.6 Å². The van der Waals surface area contributed by atoms with Crippen LogP contribution >= 0.6 is 15.9 Å². The van der Waals surface area contributed by atoms with Crippen LogP contribution in [-0.4, -0.2) is 47.2 Å². The van der Waals surface area contributed by atoms with Gasteiger partial charge < -0.3 is 18.8 Å². The van der Waals surface area contributed by atoms with Crippen molar-refractivity contribution in [2.75, 3.05) is 0 Å². The van der Waals surface area contributed by atoms with Gasteiger partial charge in [0.05, 0.1) is 17.5 Å². The first kappa shape index (κ1) is 25.0. The molecule has 9 nitrogen and oxygen atoms in total. The normalized spacial score (nSPS) is 15.8. The highest BCUT2D eigenvalue weighted by atomic mass is 79.9. The summed E-state index contributed by atoms with van der Waals surface area (Å²) in [7, 11) is 0. The zero-order valence-corrected chi connectivity index (χ0v) is 22.9. The minimum absolute atomic E-state index is 0.235. The van der Waals surface area contributed by atoms with Crippen LogP contribution in [0.4, 0.5) is 4.79 Å². The van der Waals surface area contributed by atoms with Crippen molar-refractivity contribution < 1.29 is 14.3 Å². The minimum Gasteiger partial charge on any atom is -0.443 e. The van der Waals surface area contributed by atoms with Crippen LogP contribution < -0.4 is 5.56 Å². The zero-order valence-electron chi connectivity index (χ0n) is 21.4. The summed E-state index contributed by atoms with van der Waals surface area (Å²) in [6.45, 7) is 9.88. The number of halogens is 1. The van der Waals surface area contributed by atoms with Gasteiger partial charge in [0, 0.05) is 41.4 Å². The van der Waals surface area contributed by atoms with Crippen LogP contribution in [0, 0.1) is 6.92 Å². The summed E-state index contributed by atoms with van der Waals surface area (Å²) in [5, 5.41) is 0.850. The fourth-order valence-electron chi connectivity index (χ4n) is 4.66. The summed E-state index contributed by atoms with van der Waals surface area (Å²) >= 11 is 3.48. The molecule has 1 unspecified atom stereocenters. The third-order valence-corrected chi connectivity index (χ3v) is 6.88. The van der Waals surface area contributed by atoms with Crippen molar-refractivity contribution in [3.8, 4) is 5.69 Å². The Morgan fingerprint density at radius 2 is 1.92 bits per heavy atom. The number of aromatic nitrogens is 4. The number of carbonyl (C=O) groups excluding carboxylic acids is 2. The zero-order chi connectivity index (χ0) is 26.6. The molecule has 0 saturated heterocycles. The molecule has 0 radical (unpaired) electrons. The van der Waals surface area contributed by atoms with Gasteiger partial charge in [-0.15, -0.1) is 0 Å². The summed E-state index contributed by atoms with van der Waals surface area (Å²) in [5.41, 5.74) is 2.20. The Bertz CT molecular complexity index is 1610. The fourth-order valence-corrected chi connectivity index (χ4v) is 5.01. The van der Waals surface area contributed by atoms with E-state index >= 15 is 0 Å². The number of carbonyl (C=O) groups is 2. The Balaban J connectivity index is 1.51. The molecule has 0 spiro atoms. The molecule has 0 aliphatic carbocycles. The Morgan fingerprint density at radius 1 is 1.16 bits per heavy atom. The highest BCUT2D eigenvalue weighted by Gasteiger charge is 2.32. The highest BCUT2D eigenvalue weighted by molar-refractivity contribution is 9.10. The average Bonchev–Trinajstić information content (AvgIpc) is 3.39. The maximum absolute atomic E-state index is 13.6. The average molecular weight is 566 g/mol. The van der Waals surface area contributed by atoms with Crippen molar-refractivity contribution in [2.24, 2.45) is 0 Å². The number of ether oxygens (including phenoxy) is 1. The standard InChI is InChI=1S/C27H28BrN5O4/c1-16-11-30(15-29-16)21-8-9-22-25(35)31(17(2)12-32(22)24(21)34)13-18-14-33(26(36)37-27(3,4)5)23-10-19(28)6-7-20(18)23/h6-11,14-15,17H,12-13H2,1-5H3. The molecule has 192 valence electrons. The smallest absolute Gasteiger partial charge is 0.419 e. The molecule has 0 bridgehead atoms. The Hall–Kier alpha value is -3.66. The predicted octanol–water partition coefficient (Wildman–Crippen LogP) is 4.89. The van der Waals surface area contributed by atoms with Gasteiger partial charge in [-0.1, -0.05) is 22.0 Å². The number of fused-ring (bicyclic) bond motifs is 2.